The Morgan fingerprint density at radius 2 is 1.60 bits per heavy atom. The third-order valence-corrected chi connectivity index (χ3v) is 4.33. The van der Waals surface area contributed by atoms with Crippen LogP contribution in [0.4, 0.5) is 0 Å². The number of hydrogen-bond donors (Lipinski definition) is 1. The van der Waals surface area contributed by atoms with E-state index in [4.69, 9.17) is 10.5 Å². The molecule has 2 N–H and O–H groups in total. The van der Waals surface area contributed by atoms with Crippen LogP contribution in [0.1, 0.15) is 25.7 Å². The van der Waals surface area contributed by atoms with Crippen LogP contribution in [-0.2, 0) is 14.3 Å². The number of piperazine rings is 1. The van der Waals surface area contributed by atoms with Gasteiger partial charge in [0.2, 0.25) is 11.8 Å². The Morgan fingerprint density at radius 3 is 2.15 bits per heavy atom. The fraction of sp³-hybridized carbons (Fsp3) is 0.857. The molecule has 0 aromatic heterocycles. The third-order valence-electron chi connectivity index (χ3n) is 4.33. The predicted molar refractivity (Wildman–Crippen MR) is 75.0 cm³/mol. The highest BCUT2D eigenvalue weighted by Gasteiger charge is 2.30. The second kappa shape index (κ2) is 7.04. The van der Waals surface area contributed by atoms with E-state index in [9.17, 15) is 9.59 Å². The summed E-state index contributed by atoms with van der Waals surface area (Å²) in [5.74, 6) is 0.384. The minimum atomic E-state index is 0.00300. The quantitative estimate of drug-likeness (QED) is 0.779. The second-order valence-corrected chi connectivity index (χ2v) is 5.75. The van der Waals surface area contributed by atoms with Gasteiger partial charge in [0.25, 0.3) is 0 Å². The molecule has 6 heteroatoms. The summed E-state index contributed by atoms with van der Waals surface area (Å²) in [6.45, 7) is 2.61. The zero-order valence-corrected chi connectivity index (χ0v) is 12.2. The lowest BCUT2D eigenvalue weighted by Gasteiger charge is -2.37. The third kappa shape index (κ3) is 3.70. The molecule has 6 nitrogen and oxygen atoms in total. The lowest BCUT2D eigenvalue weighted by molar-refractivity contribution is -0.144. The van der Waals surface area contributed by atoms with E-state index in [0.29, 0.717) is 26.2 Å². The number of rotatable bonds is 3. The van der Waals surface area contributed by atoms with Crippen LogP contribution < -0.4 is 5.73 Å². The molecule has 1 aliphatic heterocycles. The first-order chi connectivity index (χ1) is 9.61. The molecule has 114 valence electrons. The Labute approximate surface area is 120 Å². The van der Waals surface area contributed by atoms with Crippen molar-refractivity contribution < 1.29 is 14.3 Å². The zero-order chi connectivity index (χ0) is 14.5. The van der Waals surface area contributed by atoms with Crippen LogP contribution in [0.3, 0.4) is 0 Å². The number of methoxy groups -OCH3 is 1. The monoisotopic (exact) mass is 283 g/mol. The van der Waals surface area contributed by atoms with Crippen molar-refractivity contribution in [2.24, 2.45) is 11.7 Å². The maximum atomic E-state index is 12.4. The zero-order valence-electron chi connectivity index (χ0n) is 12.2. The van der Waals surface area contributed by atoms with Gasteiger partial charge in [0, 0.05) is 45.2 Å². The van der Waals surface area contributed by atoms with Gasteiger partial charge in [-0.15, -0.1) is 0 Å². The maximum Gasteiger partial charge on any atom is 0.248 e. The van der Waals surface area contributed by atoms with E-state index in [2.05, 4.69) is 0 Å². The van der Waals surface area contributed by atoms with Crippen molar-refractivity contribution in [3.8, 4) is 0 Å². The molecule has 0 spiro atoms. The van der Waals surface area contributed by atoms with Gasteiger partial charge in [-0.25, -0.2) is 0 Å². The molecule has 0 radical (unpaired) electrons. The molecule has 0 atom stereocenters. The largest absolute Gasteiger partial charge is 0.375 e. The van der Waals surface area contributed by atoms with E-state index in [1.807, 2.05) is 4.90 Å². The standard InChI is InChI=1S/C14H25N3O3/c1-20-10-13(18)16-6-8-17(9-7-16)14(19)11-2-4-12(15)5-3-11/h11-12H,2-10,15H2,1H3. The van der Waals surface area contributed by atoms with Crippen molar-refractivity contribution in [1.29, 1.82) is 0 Å². The first kappa shape index (κ1) is 15.3. The van der Waals surface area contributed by atoms with Crippen molar-refractivity contribution in [1.82, 2.24) is 9.80 Å². The number of carbonyl (C=O) groups is 2. The fourth-order valence-corrected chi connectivity index (χ4v) is 3.02. The van der Waals surface area contributed by atoms with Crippen LogP contribution in [-0.4, -0.2) is 67.6 Å². The summed E-state index contributed by atoms with van der Waals surface area (Å²) in [6.07, 6.45) is 3.71. The Kier molecular flexibility index (Phi) is 5.37. The van der Waals surface area contributed by atoms with Crippen LogP contribution in [0.25, 0.3) is 0 Å². The van der Waals surface area contributed by atoms with E-state index >= 15 is 0 Å². The molecule has 0 unspecified atom stereocenters. The number of ether oxygens (including phenoxy) is 1. The van der Waals surface area contributed by atoms with Crippen LogP contribution in [0.5, 0.6) is 0 Å². The van der Waals surface area contributed by atoms with Gasteiger partial charge in [0.1, 0.15) is 6.61 Å². The Hall–Kier alpha value is -1.14. The van der Waals surface area contributed by atoms with Gasteiger partial charge < -0.3 is 20.3 Å². The number of amides is 2. The van der Waals surface area contributed by atoms with Gasteiger partial charge >= 0.3 is 0 Å². The van der Waals surface area contributed by atoms with E-state index in [1.54, 1.807) is 4.90 Å². The summed E-state index contributed by atoms with van der Waals surface area (Å²) < 4.78 is 4.85. The number of carbonyl (C=O) groups excluding carboxylic acids is 2. The van der Waals surface area contributed by atoms with E-state index in [1.165, 1.54) is 7.11 Å². The van der Waals surface area contributed by atoms with Gasteiger partial charge in [-0.1, -0.05) is 0 Å². The van der Waals surface area contributed by atoms with Gasteiger partial charge in [0.05, 0.1) is 0 Å². The van der Waals surface area contributed by atoms with Crippen LogP contribution in [0, 0.1) is 5.92 Å². The summed E-state index contributed by atoms with van der Waals surface area (Å²) >= 11 is 0. The Bertz CT molecular complexity index is 346. The Balaban J connectivity index is 1.78. The minimum absolute atomic E-state index is 0.00300. The summed E-state index contributed by atoms with van der Waals surface area (Å²) in [7, 11) is 1.52. The molecular formula is C14H25N3O3. The molecular weight excluding hydrogens is 258 g/mol. The number of nitrogens with zero attached hydrogens (tertiary/aromatic N) is 2. The van der Waals surface area contributed by atoms with Crippen LogP contribution in [0.15, 0.2) is 0 Å². The SMILES string of the molecule is COCC(=O)N1CCN(C(=O)C2CCC(N)CC2)CC1. The molecule has 1 heterocycles. The minimum Gasteiger partial charge on any atom is -0.375 e. The molecule has 1 aliphatic carbocycles. The van der Waals surface area contributed by atoms with Crippen molar-refractivity contribution in [3.63, 3.8) is 0 Å². The predicted octanol–water partition coefficient (Wildman–Crippen LogP) is -0.179. The fourth-order valence-electron chi connectivity index (χ4n) is 3.02. The molecule has 1 saturated heterocycles. The lowest BCUT2D eigenvalue weighted by atomic mass is 9.85. The van der Waals surface area contributed by atoms with Crippen molar-refractivity contribution >= 4 is 11.8 Å². The highest BCUT2D eigenvalue weighted by molar-refractivity contribution is 5.80. The first-order valence-electron chi connectivity index (χ1n) is 7.43. The average Bonchev–Trinajstić information content (AvgIpc) is 2.48. The van der Waals surface area contributed by atoms with Crippen LogP contribution in [0.2, 0.25) is 0 Å². The molecule has 0 bridgehead atoms. The summed E-state index contributed by atoms with van der Waals surface area (Å²) in [4.78, 5) is 27.8. The summed E-state index contributed by atoms with van der Waals surface area (Å²) in [5, 5.41) is 0. The van der Waals surface area contributed by atoms with Crippen molar-refractivity contribution in [2.75, 3.05) is 39.9 Å². The van der Waals surface area contributed by atoms with Crippen molar-refractivity contribution in [2.45, 2.75) is 31.7 Å². The van der Waals surface area contributed by atoms with E-state index in [0.717, 1.165) is 25.7 Å². The van der Waals surface area contributed by atoms with Gasteiger partial charge in [-0.05, 0) is 25.7 Å². The molecule has 2 amide bonds. The molecule has 20 heavy (non-hydrogen) atoms. The van der Waals surface area contributed by atoms with Gasteiger partial charge in [-0.2, -0.15) is 0 Å². The molecule has 0 aromatic rings. The number of hydrogen-bond acceptors (Lipinski definition) is 4. The highest BCUT2D eigenvalue weighted by atomic mass is 16.5. The Morgan fingerprint density at radius 1 is 1.05 bits per heavy atom. The lowest BCUT2D eigenvalue weighted by Crippen LogP contribution is -2.53. The molecule has 1 saturated carbocycles. The summed E-state index contributed by atoms with van der Waals surface area (Å²) in [5.41, 5.74) is 5.87. The average molecular weight is 283 g/mol. The molecule has 0 aromatic carbocycles. The van der Waals surface area contributed by atoms with E-state index < -0.39 is 0 Å². The summed E-state index contributed by atoms with van der Waals surface area (Å²) in [6, 6.07) is 0.266. The topological polar surface area (TPSA) is 75.9 Å². The highest BCUT2D eigenvalue weighted by Crippen LogP contribution is 2.25. The van der Waals surface area contributed by atoms with Gasteiger partial charge in [-0.3, -0.25) is 9.59 Å². The van der Waals surface area contributed by atoms with Crippen LogP contribution >= 0.6 is 0 Å². The normalized spacial score (nSPS) is 27.5. The molecule has 2 aliphatic rings. The molecule has 2 fully saturated rings. The molecule has 2 rings (SSSR count). The smallest absolute Gasteiger partial charge is 0.248 e. The van der Waals surface area contributed by atoms with Crippen molar-refractivity contribution in [3.05, 3.63) is 0 Å². The maximum absolute atomic E-state index is 12.4. The number of nitrogens with two attached hydrogens (primary N) is 1. The first-order valence-corrected chi connectivity index (χ1v) is 7.43. The second-order valence-electron chi connectivity index (χ2n) is 5.75. The van der Waals surface area contributed by atoms with Gasteiger partial charge in [0.15, 0.2) is 0 Å². The van der Waals surface area contributed by atoms with E-state index in [-0.39, 0.29) is 30.4 Å².